The van der Waals surface area contributed by atoms with E-state index in [2.05, 4.69) is 4.98 Å². The van der Waals surface area contributed by atoms with Gasteiger partial charge in [-0.05, 0) is 45.7 Å². The van der Waals surface area contributed by atoms with Crippen molar-refractivity contribution in [3.63, 3.8) is 0 Å². The average Bonchev–Trinajstić information content (AvgIpc) is 2.58. The number of ketones is 1. The summed E-state index contributed by atoms with van der Waals surface area (Å²) >= 11 is 0. The first-order chi connectivity index (χ1) is 12.3. The highest BCUT2D eigenvalue weighted by Gasteiger charge is 2.45. The predicted octanol–water partition coefficient (Wildman–Crippen LogP) is 2.69. The van der Waals surface area contributed by atoms with E-state index in [-0.39, 0.29) is 29.9 Å². The van der Waals surface area contributed by atoms with Crippen LogP contribution in [-0.2, 0) is 9.47 Å². The van der Waals surface area contributed by atoms with Gasteiger partial charge in [-0.2, -0.15) is 0 Å². The van der Waals surface area contributed by atoms with Crippen LogP contribution in [0.3, 0.4) is 0 Å². The van der Waals surface area contributed by atoms with Gasteiger partial charge in [0, 0.05) is 5.92 Å². The number of aromatic nitrogens is 1. The first-order valence-electron chi connectivity index (χ1n) is 8.92. The Morgan fingerprint density at radius 1 is 1.19 bits per heavy atom. The van der Waals surface area contributed by atoms with Gasteiger partial charge < -0.3 is 14.2 Å². The lowest BCUT2D eigenvalue weighted by atomic mass is 9.82. The Balaban J connectivity index is 1.72. The molecule has 0 radical (unpaired) electrons. The van der Waals surface area contributed by atoms with Gasteiger partial charge in [-0.15, -0.1) is 0 Å². The van der Waals surface area contributed by atoms with Crippen molar-refractivity contribution in [3.05, 3.63) is 24.0 Å². The number of pyridine rings is 1. The Morgan fingerprint density at radius 2 is 1.85 bits per heavy atom. The summed E-state index contributed by atoms with van der Waals surface area (Å²) in [6.45, 7) is 6.40. The van der Waals surface area contributed by atoms with Gasteiger partial charge in [0.1, 0.15) is 17.0 Å². The Labute approximate surface area is 153 Å². The number of hydrogen-bond donors (Lipinski definition) is 0. The molecule has 2 saturated heterocycles. The summed E-state index contributed by atoms with van der Waals surface area (Å²) < 4.78 is 16.2. The molecule has 1 aromatic rings. The van der Waals surface area contributed by atoms with Crippen LogP contribution in [-0.4, -0.2) is 59.8 Å². The molecule has 26 heavy (non-hydrogen) atoms. The zero-order valence-corrected chi connectivity index (χ0v) is 15.7. The summed E-state index contributed by atoms with van der Waals surface area (Å²) in [7, 11) is 1.56. The highest BCUT2D eigenvalue weighted by molar-refractivity contribution is 5.96. The average molecular weight is 362 g/mol. The maximum absolute atomic E-state index is 12.9. The monoisotopic (exact) mass is 362 g/mol. The zero-order valence-electron chi connectivity index (χ0n) is 15.7. The van der Waals surface area contributed by atoms with Gasteiger partial charge in [0.15, 0.2) is 5.78 Å². The van der Waals surface area contributed by atoms with Crippen molar-refractivity contribution in [2.75, 3.05) is 20.3 Å². The summed E-state index contributed by atoms with van der Waals surface area (Å²) in [5.41, 5.74) is -0.119. The summed E-state index contributed by atoms with van der Waals surface area (Å²) in [6, 6.07) is 3.13. The number of carbonyl (C=O) groups is 2. The molecule has 3 rings (SSSR count). The van der Waals surface area contributed by atoms with Crippen molar-refractivity contribution in [1.82, 2.24) is 9.88 Å². The Hall–Kier alpha value is -2.15. The molecule has 3 heterocycles. The number of morpholine rings is 1. The topological polar surface area (TPSA) is 78.0 Å². The van der Waals surface area contributed by atoms with Gasteiger partial charge in [0.2, 0.25) is 0 Å². The van der Waals surface area contributed by atoms with E-state index < -0.39 is 5.60 Å². The largest absolute Gasteiger partial charge is 0.495 e. The van der Waals surface area contributed by atoms with Gasteiger partial charge in [-0.3, -0.25) is 9.69 Å². The van der Waals surface area contributed by atoms with Gasteiger partial charge in [-0.1, -0.05) is 0 Å². The standard InChI is InChI=1S/C19H26N2O5/c1-19(2,3)26-18(23)21-13-7-12(8-14(21)11-25-10-13)17(22)16-6-5-15(24-4)9-20-16/h5-6,9,12-14H,7-8,10-11H2,1-4H3. The fourth-order valence-electron chi connectivity index (χ4n) is 3.60. The molecule has 1 amide bonds. The van der Waals surface area contributed by atoms with Crippen LogP contribution < -0.4 is 4.74 Å². The number of amides is 1. The number of fused-ring (bicyclic) bond motifs is 2. The molecular weight excluding hydrogens is 336 g/mol. The Kier molecular flexibility index (Phi) is 5.18. The summed E-state index contributed by atoms with van der Waals surface area (Å²) in [5.74, 6) is 0.452. The maximum Gasteiger partial charge on any atom is 0.410 e. The van der Waals surface area contributed by atoms with E-state index in [0.29, 0.717) is 37.5 Å². The fraction of sp³-hybridized carbons (Fsp3) is 0.632. The third-order valence-electron chi connectivity index (χ3n) is 4.72. The highest BCUT2D eigenvalue weighted by atomic mass is 16.6. The van der Waals surface area contributed by atoms with Gasteiger partial charge in [0.25, 0.3) is 0 Å². The van der Waals surface area contributed by atoms with Crippen molar-refractivity contribution in [2.45, 2.75) is 51.3 Å². The van der Waals surface area contributed by atoms with Crippen LogP contribution in [0, 0.1) is 5.92 Å². The lowest BCUT2D eigenvalue weighted by molar-refractivity contribution is -0.0861. The molecule has 142 valence electrons. The van der Waals surface area contributed by atoms with E-state index >= 15 is 0 Å². The van der Waals surface area contributed by atoms with Crippen molar-refractivity contribution >= 4 is 11.9 Å². The molecule has 2 atom stereocenters. The minimum absolute atomic E-state index is 0.00777. The molecule has 0 spiro atoms. The Bertz CT molecular complexity index is 654. The summed E-state index contributed by atoms with van der Waals surface area (Å²) in [6.07, 6.45) is 2.33. The quantitative estimate of drug-likeness (QED) is 0.770. The molecule has 2 aliphatic heterocycles. The van der Waals surface area contributed by atoms with E-state index in [1.54, 1.807) is 30.3 Å². The van der Waals surface area contributed by atoms with Crippen molar-refractivity contribution in [3.8, 4) is 5.75 Å². The van der Waals surface area contributed by atoms with Crippen molar-refractivity contribution in [1.29, 1.82) is 0 Å². The van der Waals surface area contributed by atoms with Crippen LogP contribution >= 0.6 is 0 Å². The second-order valence-corrected chi connectivity index (χ2v) is 7.85. The maximum atomic E-state index is 12.9. The number of methoxy groups -OCH3 is 1. The smallest absolute Gasteiger partial charge is 0.410 e. The number of ether oxygens (including phenoxy) is 3. The van der Waals surface area contributed by atoms with E-state index in [0.717, 1.165) is 0 Å². The van der Waals surface area contributed by atoms with E-state index in [4.69, 9.17) is 14.2 Å². The normalized spacial score (nSPS) is 25.5. The van der Waals surface area contributed by atoms with Gasteiger partial charge >= 0.3 is 6.09 Å². The number of rotatable bonds is 3. The van der Waals surface area contributed by atoms with E-state index in [1.807, 2.05) is 20.8 Å². The SMILES string of the molecule is COc1ccc(C(=O)C2CC3COCC(C2)N3C(=O)OC(C)(C)C)nc1. The molecule has 2 unspecified atom stereocenters. The minimum Gasteiger partial charge on any atom is -0.495 e. The van der Waals surface area contributed by atoms with E-state index in [1.165, 1.54) is 0 Å². The van der Waals surface area contributed by atoms with Crippen LogP contribution in [0.1, 0.15) is 44.1 Å². The third-order valence-corrected chi connectivity index (χ3v) is 4.72. The van der Waals surface area contributed by atoms with Crippen LogP contribution in [0.25, 0.3) is 0 Å². The first-order valence-corrected chi connectivity index (χ1v) is 8.92. The van der Waals surface area contributed by atoms with Crippen LogP contribution in [0.15, 0.2) is 18.3 Å². The van der Waals surface area contributed by atoms with Gasteiger partial charge in [0.05, 0.1) is 38.6 Å². The van der Waals surface area contributed by atoms with Crippen molar-refractivity contribution < 1.29 is 23.8 Å². The second-order valence-electron chi connectivity index (χ2n) is 7.85. The fourth-order valence-corrected chi connectivity index (χ4v) is 3.60. The lowest BCUT2D eigenvalue weighted by Gasteiger charge is -2.47. The molecular formula is C19H26N2O5. The molecule has 2 aliphatic rings. The highest BCUT2D eigenvalue weighted by Crippen LogP contribution is 2.34. The predicted molar refractivity (Wildman–Crippen MR) is 94.3 cm³/mol. The number of Topliss-reactive ketones (excluding diaryl/α,β-unsaturated/α-hetero) is 1. The van der Waals surface area contributed by atoms with E-state index in [9.17, 15) is 9.59 Å². The molecule has 0 saturated carbocycles. The minimum atomic E-state index is -0.550. The lowest BCUT2D eigenvalue weighted by Crippen LogP contribution is -2.60. The third kappa shape index (κ3) is 3.98. The number of piperidine rings is 1. The molecule has 2 fully saturated rings. The Morgan fingerprint density at radius 3 is 2.35 bits per heavy atom. The molecule has 2 bridgehead atoms. The molecule has 0 N–H and O–H groups in total. The van der Waals surface area contributed by atoms with Crippen LogP contribution in [0.2, 0.25) is 0 Å². The van der Waals surface area contributed by atoms with Gasteiger partial charge in [-0.25, -0.2) is 9.78 Å². The number of hydrogen-bond acceptors (Lipinski definition) is 6. The molecule has 1 aromatic heterocycles. The number of carbonyl (C=O) groups excluding carboxylic acids is 2. The van der Waals surface area contributed by atoms with Crippen LogP contribution in [0.5, 0.6) is 5.75 Å². The van der Waals surface area contributed by atoms with Crippen molar-refractivity contribution in [2.24, 2.45) is 5.92 Å². The molecule has 0 aromatic carbocycles. The first kappa shape index (κ1) is 18.6. The molecule has 7 heteroatoms. The second kappa shape index (κ2) is 7.23. The summed E-state index contributed by atoms with van der Waals surface area (Å²) in [5, 5.41) is 0. The number of nitrogens with zero attached hydrogens (tertiary/aromatic N) is 2. The molecule has 0 aliphatic carbocycles. The zero-order chi connectivity index (χ0) is 18.9. The molecule has 7 nitrogen and oxygen atoms in total. The summed E-state index contributed by atoms with van der Waals surface area (Å²) in [4.78, 5) is 31.4. The van der Waals surface area contributed by atoms with Crippen LogP contribution in [0.4, 0.5) is 4.79 Å².